The van der Waals surface area contributed by atoms with Crippen LogP contribution in [-0.2, 0) is 24.2 Å². The number of rotatable bonds is 1. The second-order valence-corrected chi connectivity index (χ2v) is 8.14. The second kappa shape index (κ2) is 6.98. The molecule has 2 aromatic rings. The number of pyridine rings is 1. The number of fused-ring (bicyclic) bond motifs is 3. The van der Waals surface area contributed by atoms with Gasteiger partial charge in [0, 0.05) is 25.3 Å². The number of benzene rings is 1. The van der Waals surface area contributed by atoms with Crippen molar-refractivity contribution in [3.63, 3.8) is 0 Å². The number of carbonyl (C=O) groups excluding carboxylic acids is 2. The Bertz CT molecular complexity index is 1110. The van der Waals surface area contributed by atoms with Crippen molar-refractivity contribution in [2.75, 3.05) is 13.2 Å². The average Bonchev–Trinajstić information content (AvgIpc) is 2.75. The molecule has 1 aromatic carbocycles. The number of nitrogens with zero attached hydrogens (tertiary/aromatic N) is 3. The number of ether oxygens (including phenoxy) is 1. The highest BCUT2D eigenvalue weighted by molar-refractivity contribution is 5.99. The van der Waals surface area contributed by atoms with Crippen molar-refractivity contribution in [1.82, 2.24) is 14.4 Å². The van der Waals surface area contributed by atoms with Gasteiger partial charge in [0.1, 0.15) is 5.56 Å². The largest absolute Gasteiger partial charge is 0.503 e. The van der Waals surface area contributed by atoms with Crippen molar-refractivity contribution >= 4 is 11.8 Å². The van der Waals surface area contributed by atoms with E-state index in [1.807, 2.05) is 31.2 Å². The Morgan fingerprint density at radius 2 is 1.97 bits per heavy atom. The summed E-state index contributed by atoms with van der Waals surface area (Å²) in [5.41, 5.74) is 1.24. The standard InChI is InChI=1S/C22H23N3O5/c1-13-7-9-30-17-12-24-11-16(19(26)20(27)18(24)22(29)25(13)17)21(28)23-8-6-14-4-2-3-5-15(14)10-23/h2-5,11,13,17,27H,6-10,12H2,1H3/t13-,17+/m1/s1. The Kier molecular flexibility index (Phi) is 4.39. The van der Waals surface area contributed by atoms with Crippen LogP contribution in [0.1, 0.15) is 45.3 Å². The van der Waals surface area contributed by atoms with E-state index in [9.17, 15) is 19.5 Å². The molecule has 0 aliphatic carbocycles. The van der Waals surface area contributed by atoms with Gasteiger partial charge in [-0.2, -0.15) is 0 Å². The fourth-order valence-electron chi connectivity index (χ4n) is 4.65. The summed E-state index contributed by atoms with van der Waals surface area (Å²) in [6.45, 7) is 3.63. The Morgan fingerprint density at radius 3 is 2.77 bits per heavy atom. The minimum Gasteiger partial charge on any atom is -0.503 e. The number of aromatic nitrogens is 1. The Labute approximate surface area is 173 Å². The highest BCUT2D eigenvalue weighted by Crippen LogP contribution is 2.29. The molecule has 0 radical (unpaired) electrons. The predicted octanol–water partition coefficient (Wildman–Crippen LogP) is 1.34. The molecule has 3 aliphatic heterocycles. The number of hydrogen-bond acceptors (Lipinski definition) is 5. The van der Waals surface area contributed by atoms with Gasteiger partial charge in [-0.3, -0.25) is 14.4 Å². The molecule has 0 saturated carbocycles. The first-order valence-electron chi connectivity index (χ1n) is 10.2. The average molecular weight is 409 g/mol. The zero-order valence-electron chi connectivity index (χ0n) is 16.7. The first kappa shape index (κ1) is 18.9. The summed E-state index contributed by atoms with van der Waals surface area (Å²) in [7, 11) is 0. The van der Waals surface area contributed by atoms with Crippen LogP contribution in [0.4, 0.5) is 0 Å². The first-order valence-corrected chi connectivity index (χ1v) is 10.2. The van der Waals surface area contributed by atoms with Crippen LogP contribution in [0.2, 0.25) is 0 Å². The van der Waals surface area contributed by atoms with Gasteiger partial charge in [-0.1, -0.05) is 24.3 Å². The highest BCUT2D eigenvalue weighted by Gasteiger charge is 2.41. The fourth-order valence-corrected chi connectivity index (χ4v) is 4.65. The normalized spacial score (nSPS) is 22.9. The molecule has 2 amide bonds. The predicted molar refractivity (Wildman–Crippen MR) is 107 cm³/mol. The topological polar surface area (TPSA) is 92.1 Å². The molecule has 1 saturated heterocycles. The second-order valence-electron chi connectivity index (χ2n) is 8.14. The van der Waals surface area contributed by atoms with Gasteiger partial charge in [0.15, 0.2) is 17.7 Å². The van der Waals surface area contributed by atoms with Gasteiger partial charge in [0.25, 0.3) is 11.8 Å². The molecule has 0 spiro atoms. The van der Waals surface area contributed by atoms with E-state index in [4.69, 9.17) is 4.74 Å². The monoisotopic (exact) mass is 409 g/mol. The number of carbonyl (C=O) groups is 2. The summed E-state index contributed by atoms with van der Waals surface area (Å²) in [6.07, 6.45) is 2.33. The van der Waals surface area contributed by atoms with Crippen molar-refractivity contribution < 1.29 is 19.4 Å². The number of amides is 2. The molecular weight excluding hydrogens is 386 g/mol. The highest BCUT2D eigenvalue weighted by atomic mass is 16.5. The molecule has 1 fully saturated rings. The van der Waals surface area contributed by atoms with Crippen LogP contribution in [0, 0.1) is 0 Å². The Hall–Kier alpha value is -3.13. The van der Waals surface area contributed by atoms with Crippen molar-refractivity contribution in [2.45, 2.75) is 45.1 Å². The zero-order valence-corrected chi connectivity index (χ0v) is 16.7. The molecule has 8 nitrogen and oxygen atoms in total. The lowest BCUT2D eigenvalue weighted by molar-refractivity contribution is -0.112. The van der Waals surface area contributed by atoms with E-state index in [0.717, 1.165) is 5.56 Å². The third kappa shape index (κ3) is 2.82. The third-order valence-electron chi connectivity index (χ3n) is 6.33. The molecule has 156 valence electrons. The maximum Gasteiger partial charge on any atom is 0.276 e. The number of aromatic hydroxyl groups is 1. The SMILES string of the molecule is C[C@@H]1CCO[C@H]2Cn3cc(C(=O)N4CCc5ccccc5C4)c(=O)c(O)c3C(=O)N12. The molecule has 8 heteroatoms. The van der Waals surface area contributed by atoms with Gasteiger partial charge in [-0.25, -0.2) is 0 Å². The van der Waals surface area contributed by atoms with Gasteiger partial charge >= 0.3 is 0 Å². The van der Waals surface area contributed by atoms with E-state index < -0.39 is 29.2 Å². The number of hydrogen-bond donors (Lipinski definition) is 1. The van der Waals surface area contributed by atoms with Gasteiger partial charge in [0.2, 0.25) is 5.43 Å². The van der Waals surface area contributed by atoms with E-state index in [-0.39, 0.29) is 23.8 Å². The van der Waals surface area contributed by atoms with Crippen LogP contribution < -0.4 is 5.43 Å². The van der Waals surface area contributed by atoms with E-state index >= 15 is 0 Å². The van der Waals surface area contributed by atoms with Crippen LogP contribution in [-0.4, -0.2) is 56.7 Å². The molecule has 30 heavy (non-hydrogen) atoms. The molecule has 2 atom stereocenters. The van der Waals surface area contributed by atoms with Gasteiger partial charge in [-0.15, -0.1) is 0 Å². The zero-order chi connectivity index (χ0) is 21.0. The maximum atomic E-state index is 13.2. The Morgan fingerprint density at radius 1 is 1.20 bits per heavy atom. The third-order valence-corrected chi connectivity index (χ3v) is 6.33. The van der Waals surface area contributed by atoms with Crippen molar-refractivity contribution in [3.05, 3.63) is 63.1 Å². The summed E-state index contributed by atoms with van der Waals surface area (Å²) in [5.74, 6) is -1.55. The van der Waals surface area contributed by atoms with E-state index in [1.165, 1.54) is 16.3 Å². The molecular formula is C22H23N3O5. The molecule has 1 N–H and O–H groups in total. The molecule has 5 rings (SSSR count). The van der Waals surface area contributed by atoms with E-state index in [2.05, 4.69) is 0 Å². The van der Waals surface area contributed by atoms with Crippen molar-refractivity contribution in [1.29, 1.82) is 0 Å². The Balaban J connectivity index is 1.51. The molecule has 0 unspecified atom stereocenters. The van der Waals surface area contributed by atoms with Crippen LogP contribution in [0.15, 0.2) is 35.3 Å². The molecule has 1 aromatic heterocycles. The van der Waals surface area contributed by atoms with E-state index in [0.29, 0.717) is 32.5 Å². The van der Waals surface area contributed by atoms with Crippen LogP contribution in [0.3, 0.4) is 0 Å². The van der Waals surface area contributed by atoms with Gasteiger partial charge in [-0.05, 0) is 30.9 Å². The van der Waals surface area contributed by atoms with Crippen molar-refractivity contribution in [2.24, 2.45) is 0 Å². The van der Waals surface area contributed by atoms with Gasteiger partial charge < -0.3 is 24.2 Å². The lowest BCUT2D eigenvalue weighted by Gasteiger charge is -2.44. The lowest BCUT2D eigenvalue weighted by atomic mass is 9.99. The smallest absolute Gasteiger partial charge is 0.276 e. The summed E-state index contributed by atoms with van der Waals surface area (Å²) >= 11 is 0. The maximum absolute atomic E-state index is 13.2. The summed E-state index contributed by atoms with van der Waals surface area (Å²) in [4.78, 5) is 42.2. The summed E-state index contributed by atoms with van der Waals surface area (Å²) in [5, 5.41) is 10.6. The van der Waals surface area contributed by atoms with Gasteiger partial charge in [0.05, 0.1) is 13.2 Å². The lowest BCUT2D eigenvalue weighted by Crippen LogP contribution is -2.57. The summed E-state index contributed by atoms with van der Waals surface area (Å²) in [6, 6.07) is 7.86. The fraction of sp³-hybridized carbons (Fsp3) is 0.409. The first-order chi connectivity index (χ1) is 14.5. The minimum absolute atomic E-state index is 0.0470. The molecule has 3 aliphatic rings. The van der Waals surface area contributed by atoms with E-state index in [1.54, 1.807) is 9.80 Å². The van der Waals surface area contributed by atoms with Crippen LogP contribution in [0.25, 0.3) is 0 Å². The quantitative estimate of drug-likeness (QED) is 0.768. The molecule has 0 bridgehead atoms. The van der Waals surface area contributed by atoms with Crippen LogP contribution >= 0.6 is 0 Å². The summed E-state index contributed by atoms with van der Waals surface area (Å²) < 4.78 is 7.22. The minimum atomic E-state index is -0.803. The van der Waals surface area contributed by atoms with Crippen molar-refractivity contribution in [3.8, 4) is 5.75 Å². The molecule has 4 heterocycles. The van der Waals surface area contributed by atoms with Crippen LogP contribution in [0.5, 0.6) is 5.75 Å².